The third kappa shape index (κ3) is 4.37. The zero-order valence-corrected chi connectivity index (χ0v) is 13.9. The Morgan fingerprint density at radius 3 is 2.64 bits per heavy atom. The number of carbonyl (C=O) groups is 1. The van der Waals surface area contributed by atoms with Gasteiger partial charge in [-0.05, 0) is 49.4 Å². The number of nitrogens with zero attached hydrogens (tertiary/aromatic N) is 1. The van der Waals surface area contributed by atoms with Crippen LogP contribution in [0.25, 0.3) is 0 Å². The summed E-state index contributed by atoms with van der Waals surface area (Å²) in [5.74, 6) is 2.41. The number of ether oxygens (including phenoxy) is 1. The van der Waals surface area contributed by atoms with E-state index in [4.69, 9.17) is 4.74 Å². The SMILES string of the molecule is COc1ccc(C2CCN(C(=O)CNCC3CC3)C2)cc1.Cl. The quantitative estimate of drug-likeness (QED) is 0.874. The van der Waals surface area contributed by atoms with E-state index in [2.05, 4.69) is 17.4 Å². The van der Waals surface area contributed by atoms with Crippen molar-refractivity contribution in [3.63, 3.8) is 0 Å². The molecule has 0 aromatic heterocycles. The molecule has 0 bridgehead atoms. The van der Waals surface area contributed by atoms with Gasteiger partial charge in [-0.3, -0.25) is 4.79 Å². The Hall–Kier alpha value is -1.26. The number of methoxy groups -OCH3 is 1. The summed E-state index contributed by atoms with van der Waals surface area (Å²) in [6, 6.07) is 8.22. The lowest BCUT2D eigenvalue weighted by Gasteiger charge is -2.17. The first kappa shape index (κ1) is 17.1. The van der Waals surface area contributed by atoms with E-state index < -0.39 is 0 Å². The Morgan fingerprint density at radius 2 is 2.00 bits per heavy atom. The molecule has 1 N–H and O–H groups in total. The van der Waals surface area contributed by atoms with E-state index in [1.54, 1.807) is 7.11 Å². The number of amides is 1. The highest BCUT2D eigenvalue weighted by Gasteiger charge is 2.27. The summed E-state index contributed by atoms with van der Waals surface area (Å²) in [6.45, 7) is 3.21. The molecule has 4 nitrogen and oxygen atoms in total. The molecular formula is C17H25ClN2O2. The molecular weight excluding hydrogens is 300 g/mol. The zero-order valence-electron chi connectivity index (χ0n) is 13.1. The van der Waals surface area contributed by atoms with Gasteiger partial charge in [-0.25, -0.2) is 0 Å². The van der Waals surface area contributed by atoms with Crippen LogP contribution < -0.4 is 10.1 Å². The summed E-state index contributed by atoms with van der Waals surface area (Å²) in [4.78, 5) is 14.2. The Labute approximate surface area is 138 Å². The zero-order chi connectivity index (χ0) is 14.7. The number of hydrogen-bond donors (Lipinski definition) is 1. The van der Waals surface area contributed by atoms with Crippen LogP contribution in [-0.4, -0.2) is 44.1 Å². The first-order valence-electron chi connectivity index (χ1n) is 7.88. The first-order valence-corrected chi connectivity index (χ1v) is 7.88. The van der Waals surface area contributed by atoms with Gasteiger partial charge in [-0.2, -0.15) is 0 Å². The van der Waals surface area contributed by atoms with Crippen molar-refractivity contribution in [1.29, 1.82) is 0 Å². The third-order valence-corrected chi connectivity index (χ3v) is 4.53. The van der Waals surface area contributed by atoms with Gasteiger partial charge in [0.2, 0.25) is 5.91 Å². The average Bonchev–Trinajstić information content (AvgIpc) is 3.21. The van der Waals surface area contributed by atoms with E-state index in [9.17, 15) is 4.79 Å². The van der Waals surface area contributed by atoms with Crippen molar-refractivity contribution in [3.8, 4) is 5.75 Å². The maximum atomic E-state index is 12.2. The molecule has 1 heterocycles. The second-order valence-electron chi connectivity index (χ2n) is 6.17. The fourth-order valence-corrected chi connectivity index (χ4v) is 2.95. The lowest BCUT2D eigenvalue weighted by Crippen LogP contribution is -2.37. The van der Waals surface area contributed by atoms with Crippen LogP contribution >= 0.6 is 12.4 Å². The monoisotopic (exact) mass is 324 g/mol. The van der Waals surface area contributed by atoms with E-state index in [0.717, 1.165) is 37.7 Å². The Balaban J connectivity index is 0.00000176. The number of halogens is 1. The standard InChI is InChI=1S/C17H24N2O2.ClH/c1-21-16-6-4-14(5-7-16)15-8-9-19(12-15)17(20)11-18-10-13-2-3-13;/h4-7,13,15,18H,2-3,8-12H2,1H3;1H. The molecule has 0 radical (unpaired) electrons. The molecule has 3 rings (SSSR count). The van der Waals surface area contributed by atoms with Crippen LogP contribution in [-0.2, 0) is 4.79 Å². The molecule has 0 spiro atoms. The van der Waals surface area contributed by atoms with Gasteiger partial charge in [0.15, 0.2) is 0 Å². The third-order valence-electron chi connectivity index (χ3n) is 4.53. The largest absolute Gasteiger partial charge is 0.497 e. The molecule has 1 saturated heterocycles. The fraction of sp³-hybridized carbons (Fsp3) is 0.588. The van der Waals surface area contributed by atoms with E-state index in [1.165, 1.54) is 18.4 Å². The number of rotatable bonds is 6. The van der Waals surface area contributed by atoms with E-state index in [-0.39, 0.29) is 18.3 Å². The number of hydrogen-bond acceptors (Lipinski definition) is 3. The highest BCUT2D eigenvalue weighted by atomic mass is 35.5. The molecule has 1 unspecified atom stereocenters. The van der Waals surface area contributed by atoms with Crippen molar-refractivity contribution in [3.05, 3.63) is 29.8 Å². The van der Waals surface area contributed by atoms with Gasteiger partial charge in [0.05, 0.1) is 13.7 Å². The van der Waals surface area contributed by atoms with E-state index >= 15 is 0 Å². The Kier molecular flexibility index (Phi) is 6.09. The molecule has 1 atom stereocenters. The summed E-state index contributed by atoms with van der Waals surface area (Å²) >= 11 is 0. The predicted molar refractivity (Wildman–Crippen MR) is 89.8 cm³/mol. The van der Waals surface area contributed by atoms with Gasteiger partial charge >= 0.3 is 0 Å². The van der Waals surface area contributed by atoms with Crippen molar-refractivity contribution < 1.29 is 9.53 Å². The minimum Gasteiger partial charge on any atom is -0.497 e. The minimum atomic E-state index is 0. The van der Waals surface area contributed by atoms with Crippen molar-refractivity contribution >= 4 is 18.3 Å². The van der Waals surface area contributed by atoms with Crippen molar-refractivity contribution in [2.75, 3.05) is 33.3 Å². The second kappa shape index (κ2) is 7.84. The van der Waals surface area contributed by atoms with Crippen LogP contribution in [0.1, 0.15) is 30.7 Å². The molecule has 1 amide bonds. The van der Waals surface area contributed by atoms with Crippen molar-refractivity contribution in [1.82, 2.24) is 10.2 Å². The highest BCUT2D eigenvalue weighted by Crippen LogP contribution is 2.29. The van der Waals surface area contributed by atoms with Crippen molar-refractivity contribution in [2.24, 2.45) is 5.92 Å². The number of carbonyl (C=O) groups excluding carboxylic acids is 1. The molecule has 2 fully saturated rings. The summed E-state index contributed by atoms with van der Waals surface area (Å²) in [6.07, 6.45) is 3.70. The van der Waals surface area contributed by atoms with Gasteiger partial charge in [0.1, 0.15) is 5.75 Å². The summed E-state index contributed by atoms with van der Waals surface area (Å²) in [5, 5.41) is 3.29. The topological polar surface area (TPSA) is 41.6 Å². The smallest absolute Gasteiger partial charge is 0.236 e. The Bertz CT molecular complexity index is 488. The van der Waals surface area contributed by atoms with E-state index in [0.29, 0.717) is 12.5 Å². The molecule has 1 aliphatic carbocycles. The molecule has 2 aliphatic rings. The normalized spacial score (nSPS) is 20.6. The molecule has 1 saturated carbocycles. The Morgan fingerprint density at radius 1 is 1.27 bits per heavy atom. The lowest BCUT2D eigenvalue weighted by molar-refractivity contribution is -0.129. The van der Waals surface area contributed by atoms with Crippen molar-refractivity contribution in [2.45, 2.75) is 25.2 Å². The van der Waals surface area contributed by atoms with Crippen LogP contribution in [0, 0.1) is 5.92 Å². The van der Waals surface area contributed by atoms with Crippen LogP contribution in [0.2, 0.25) is 0 Å². The molecule has 122 valence electrons. The van der Waals surface area contributed by atoms with Gasteiger partial charge in [0, 0.05) is 19.0 Å². The van der Waals surface area contributed by atoms with Gasteiger partial charge in [-0.1, -0.05) is 12.1 Å². The van der Waals surface area contributed by atoms with Gasteiger partial charge in [0.25, 0.3) is 0 Å². The number of benzene rings is 1. The predicted octanol–water partition coefficient (Wildman–Crippen LogP) is 2.43. The summed E-state index contributed by atoms with van der Waals surface area (Å²) < 4.78 is 5.19. The summed E-state index contributed by atoms with van der Waals surface area (Å²) in [5.41, 5.74) is 1.30. The highest BCUT2D eigenvalue weighted by molar-refractivity contribution is 5.85. The molecule has 5 heteroatoms. The maximum absolute atomic E-state index is 12.2. The van der Waals surface area contributed by atoms with Gasteiger partial charge in [-0.15, -0.1) is 12.4 Å². The van der Waals surface area contributed by atoms with Crippen LogP contribution in [0.4, 0.5) is 0 Å². The van der Waals surface area contributed by atoms with Crippen LogP contribution in [0.3, 0.4) is 0 Å². The summed E-state index contributed by atoms with van der Waals surface area (Å²) in [7, 11) is 1.68. The molecule has 1 aliphatic heterocycles. The number of nitrogens with one attached hydrogen (secondary N) is 1. The lowest BCUT2D eigenvalue weighted by atomic mass is 9.98. The molecule has 22 heavy (non-hydrogen) atoms. The number of likely N-dealkylation sites (tertiary alicyclic amines) is 1. The van der Waals surface area contributed by atoms with E-state index in [1.807, 2.05) is 17.0 Å². The van der Waals surface area contributed by atoms with Gasteiger partial charge < -0.3 is 15.0 Å². The maximum Gasteiger partial charge on any atom is 0.236 e. The average molecular weight is 325 g/mol. The molecule has 1 aromatic rings. The second-order valence-corrected chi connectivity index (χ2v) is 6.17. The fourth-order valence-electron chi connectivity index (χ4n) is 2.95. The van der Waals surface area contributed by atoms with Crippen LogP contribution in [0.5, 0.6) is 5.75 Å². The minimum absolute atomic E-state index is 0. The van der Waals surface area contributed by atoms with Crippen LogP contribution in [0.15, 0.2) is 24.3 Å². The molecule has 1 aromatic carbocycles. The first-order chi connectivity index (χ1) is 10.3.